The fraction of sp³-hybridized carbons (Fsp3) is 0.345. The molecule has 1 unspecified atom stereocenters. The molecule has 1 heterocycles. The van der Waals surface area contributed by atoms with Gasteiger partial charge in [-0.1, -0.05) is 6.07 Å². The average Bonchev–Trinajstić information content (AvgIpc) is 3.38. The highest BCUT2D eigenvalue weighted by atomic mass is 16.7. The SMILES string of the molecule is CN(C)c1cc(NCc2ccc3c(c2)OCO3)c(O)c2c1C[C@H]1CC3CC(=O)C(C(N)=O)=C(O)[C@@]3(O)C(=O)C1=C2O. The predicted octanol–water partition coefficient (Wildman–Crippen LogP) is 1.83. The van der Waals surface area contributed by atoms with Crippen LogP contribution in [0.2, 0.25) is 0 Å². The Morgan fingerprint density at radius 2 is 1.85 bits per heavy atom. The lowest BCUT2D eigenvalue weighted by molar-refractivity contribution is -0.147. The molecular weight excluding hydrogens is 534 g/mol. The maximum absolute atomic E-state index is 13.8. The molecule has 6 rings (SSSR count). The summed E-state index contributed by atoms with van der Waals surface area (Å²) in [7, 11) is 3.62. The third-order valence-corrected chi connectivity index (χ3v) is 8.44. The summed E-state index contributed by atoms with van der Waals surface area (Å²) >= 11 is 0. The number of carbonyl (C=O) groups excluding carboxylic acids is 3. The number of fused-ring (bicyclic) bond motifs is 4. The van der Waals surface area contributed by atoms with E-state index in [1.807, 2.05) is 31.1 Å². The van der Waals surface area contributed by atoms with Crippen molar-refractivity contribution in [1.29, 1.82) is 0 Å². The van der Waals surface area contributed by atoms with Crippen LogP contribution in [-0.2, 0) is 27.3 Å². The maximum Gasteiger partial charge on any atom is 0.255 e. The lowest BCUT2D eigenvalue weighted by Crippen LogP contribution is -2.58. The number of carbonyl (C=O) groups is 3. The van der Waals surface area contributed by atoms with E-state index in [4.69, 9.17) is 15.2 Å². The number of phenols is 1. The molecule has 4 aliphatic rings. The van der Waals surface area contributed by atoms with E-state index in [0.717, 1.165) is 5.56 Å². The summed E-state index contributed by atoms with van der Waals surface area (Å²) in [4.78, 5) is 40.0. The Labute approximate surface area is 234 Å². The molecule has 0 spiro atoms. The van der Waals surface area contributed by atoms with Crippen molar-refractivity contribution < 1.29 is 44.3 Å². The van der Waals surface area contributed by atoms with E-state index >= 15 is 0 Å². The fourth-order valence-electron chi connectivity index (χ4n) is 6.45. The number of hydrogen-bond acceptors (Lipinski definition) is 11. The van der Waals surface area contributed by atoms with Crippen LogP contribution in [0.5, 0.6) is 17.2 Å². The molecule has 7 N–H and O–H groups in total. The van der Waals surface area contributed by atoms with Crippen LogP contribution in [0, 0.1) is 11.8 Å². The molecule has 1 amide bonds. The van der Waals surface area contributed by atoms with E-state index in [-0.39, 0.29) is 48.6 Å². The Morgan fingerprint density at radius 1 is 1.12 bits per heavy atom. The summed E-state index contributed by atoms with van der Waals surface area (Å²) in [6.45, 7) is 0.431. The number of primary amides is 1. The summed E-state index contributed by atoms with van der Waals surface area (Å²) < 4.78 is 10.8. The molecule has 3 aliphatic carbocycles. The van der Waals surface area contributed by atoms with Crippen molar-refractivity contribution in [2.75, 3.05) is 31.1 Å². The Kier molecular flexibility index (Phi) is 5.93. The number of ketones is 2. The number of rotatable bonds is 5. The topological polar surface area (TPSA) is 192 Å². The molecule has 214 valence electrons. The van der Waals surface area contributed by atoms with Gasteiger partial charge in [-0.15, -0.1) is 0 Å². The highest BCUT2D eigenvalue weighted by Crippen LogP contribution is 2.54. The van der Waals surface area contributed by atoms with Crippen LogP contribution in [0.15, 0.2) is 41.2 Å². The molecule has 2 aromatic rings. The first-order valence-electron chi connectivity index (χ1n) is 13.1. The van der Waals surface area contributed by atoms with Gasteiger partial charge in [-0.3, -0.25) is 14.4 Å². The Morgan fingerprint density at radius 3 is 2.56 bits per heavy atom. The zero-order valence-electron chi connectivity index (χ0n) is 22.4. The molecular formula is C29H29N3O9. The van der Waals surface area contributed by atoms with Gasteiger partial charge in [-0.25, -0.2) is 0 Å². The van der Waals surface area contributed by atoms with E-state index in [1.165, 1.54) is 0 Å². The zero-order chi connectivity index (χ0) is 29.4. The van der Waals surface area contributed by atoms with Gasteiger partial charge in [-0.05, 0) is 48.1 Å². The molecule has 0 bridgehead atoms. The van der Waals surface area contributed by atoms with Crippen LogP contribution in [0.1, 0.15) is 29.5 Å². The third kappa shape index (κ3) is 3.81. The molecule has 0 saturated heterocycles. The predicted molar refractivity (Wildman–Crippen MR) is 146 cm³/mol. The number of aliphatic hydroxyl groups excluding tert-OH is 2. The summed E-state index contributed by atoms with van der Waals surface area (Å²) in [6, 6.07) is 7.19. The monoisotopic (exact) mass is 563 g/mol. The number of benzene rings is 2. The second-order valence-corrected chi connectivity index (χ2v) is 11.0. The average molecular weight is 564 g/mol. The van der Waals surface area contributed by atoms with Crippen LogP contribution in [0.3, 0.4) is 0 Å². The normalized spacial score (nSPS) is 24.6. The first kappa shape index (κ1) is 26.5. The number of nitrogens with zero attached hydrogens (tertiary/aromatic N) is 1. The second kappa shape index (κ2) is 9.16. The van der Waals surface area contributed by atoms with Crippen LogP contribution in [0.25, 0.3) is 5.76 Å². The van der Waals surface area contributed by atoms with Crippen molar-refractivity contribution in [2.45, 2.75) is 31.4 Å². The molecule has 12 heteroatoms. The van der Waals surface area contributed by atoms with Gasteiger partial charge in [0.1, 0.15) is 22.8 Å². The number of Topliss-reactive ketones (excluding diaryl/α,β-unsaturated/α-hetero) is 2. The highest BCUT2D eigenvalue weighted by molar-refractivity contribution is 6.22. The van der Waals surface area contributed by atoms with Gasteiger partial charge in [0.15, 0.2) is 22.9 Å². The van der Waals surface area contributed by atoms with E-state index in [9.17, 15) is 34.8 Å². The van der Waals surface area contributed by atoms with Gasteiger partial charge >= 0.3 is 0 Å². The van der Waals surface area contributed by atoms with Crippen LogP contribution in [-0.4, -0.2) is 64.4 Å². The Bertz CT molecular complexity index is 1610. The number of anilines is 2. The van der Waals surface area contributed by atoms with Crippen molar-refractivity contribution in [3.8, 4) is 17.2 Å². The summed E-state index contributed by atoms with van der Waals surface area (Å²) in [5.41, 5.74) is 4.07. The minimum atomic E-state index is -2.61. The number of phenolic OH excluding ortho intramolecular Hbond substituents is 1. The smallest absolute Gasteiger partial charge is 0.255 e. The van der Waals surface area contributed by atoms with Gasteiger partial charge in [0.2, 0.25) is 12.6 Å². The number of hydrogen-bond donors (Lipinski definition) is 6. The summed E-state index contributed by atoms with van der Waals surface area (Å²) in [6.07, 6.45) is -0.0744. The van der Waals surface area contributed by atoms with Crippen molar-refractivity contribution in [3.05, 3.63) is 57.9 Å². The largest absolute Gasteiger partial charge is 0.508 e. The highest BCUT2D eigenvalue weighted by Gasteiger charge is 2.60. The van der Waals surface area contributed by atoms with E-state index in [1.54, 1.807) is 12.1 Å². The zero-order valence-corrected chi connectivity index (χ0v) is 22.4. The summed E-state index contributed by atoms with van der Waals surface area (Å²) in [5, 5.41) is 48.2. The molecule has 12 nitrogen and oxygen atoms in total. The summed E-state index contributed by atoms with van der Waals surface area (Å²) in [5.74, 6) is -5.36. The molecule has 41 heavy (non-hydrogen) atoms. The van der Waals surface area contributed by atoms with Crippen LogP contribution in [0.4, 0.5) is 11.4 Å². The number of aromatic hydroxyl groups is 1. The quantitative estimate of drug-likeness (QED) is 0.230. The van der Waals surface area contributed by atoms with E-state index in [2.05, 4.69) is 5.32 Å². The molecule has 1 fully saturated rings. The molecule has 0 radical (unpaired) electrons. The van der Waals surface area contributed by atoms with Gasteiger partial charge in [-0.2, -0.15) is 0 Å². The minimum absolute atomic E-state index is 0.0246. The van der Waals surface area contributed by atoms with Crippen molar-refractivity contribution in [2.24, 2.45) is 17.6 Å². The van der Waals surface area contributed by atoms with E-state index < -0.39 is 52.0 Å². The fourth-order valence-corrected chi connectivity index (χ4v) is 6.45. The number of amides is 1. The molecule has 3 atom stereocenters. The van der Waals surface area contributed by atoms with E-state index in [0.29, 0.717) is 29.3 Å². The molecule has 0 aromatic heterocycles. The maximum atomic E-state index is 13.8. The molecule has 1 saturated carbocycles. The van der Waals surface area contributed by atoms with Gasteiger partial charge in [0.25, 0.3) is 5.91 Å². The number of nitrogens with one attached hydrogen (secondary N) is 1. The first-order chi connectivity index (χ1) is 19.4. The number of nitrogens with two attached hydrogens (primary N) is 1. The van der Waals surface area contributed by atoms with Crippen LogP contribution >= 0.6 is 0 Å². The van der Waals surface area contributed by atoms with Gasteiger partial charge < -0.3 is 45.9 Å². The van der Waals surface area contributed by atoms with Gasteiger partial charge in [0, 0.05) is 44.2 Å². The second-order valence-electron chi connectivity index (χ2n) is 11.0. The lowest BCUT2D eigenvalue weighted by Gasteiger charge is -2.46. The number of aliphatic hydroxyl groups is 3. The van der Waals surface area contributed by atoms with Crippen LogP contribution < -0.4 is 25.4 Å². The third-order valence-electron chi connectivity index (χ3n) is 8.44. The standard InChI is InChI=1S/C29H29N3O9/c1-32(2)17-9-16(31-10-12-3-4-19-20(5-12)41-11-40-19)24(34)22-15(17)7-13-6-14-8-18(33)23(28(30)38)27(37)29(14,39)26(36)21(13)25(22)35/h3-5,9,13-14,31,34-35,37,39H,6-8,10-11H2,1-2H3,(H2,30,38)/t13-,14?,29+/m1/s1. The Hall–Kier alpha value is -4.71. The van der Waals surface area contributed by atoms with Gasteiger partial charge in [0.05, 0.1) is 11.3 Å². The minimum Gasteiger partial charge on any atom is -0.508 e. The molecule has 2 aromatic carbocycles. The van der Waals surface area contributed by atoms with Crippen molar-refractivity contribution in [1.82, 2.24) is 0 Å². The van der Waals surface area contributed by atoms with Crippen molar-refractivity contribution in [3.63, 3.8) is 0 Å². The molecule has 1 aliphatic heterocycles. The van der Waals surface area contributed by atoms with Crippen molar-refractivity contribution >= 4 is 34.6 Å². The Balaban J connectivity index is 1.43. The number of ether oxygens (including phenoxy) is 2. The first-order valence-corrected chi connectivity index (χ1v) is 13.1. The lowest BCUT2D eigenvalue weighted by atomic mass is 9.59.